The average Bonchev–Trinajstić information content (AvgIpc) is 3.08. The first-order chi connectivity index (χ1) is 9.85. The Morgan fingerprint density at radius 2 is 1.90 bits per heavy atom. The molecule has 1 aliphatic rings. The molecule has 0 aliphatic heterocycles. The van der Waals surface area contributed by atoms with E-state index in [0.29, 0.717) is 31.2 Å². The molecule has 0 spiro atoms. The predicted molar refractivity (Wildman–Crippen MR) is 72.8 cm³/mol. The Hall–Kier alpha value is -1.88. The molecule has 1 heterocycles. The summed E-state index contributed by atoms with van der Waals surface area (Å²) in [5.74, 6) is 1.93. The van der Waals surface area contributed by atoms with Crippen LogP contribution in [0.25, 0.3) is 0 Å². The van der Waals surface area contributed by atoms with Gasteiger partial charge in [0.25, 0.3) is 0 Å². The molecule has 106 valence electrons. The summed E-state index contributed by atoms with van der Waals surface area (Å²) in [5, 5.41) is 16.5. The largest absolute Gasteiger partial charge is 0.493 e. The molecule has 5 nitrogen and oxygen atoms in total. The second-order valence-electron chi connectivity index (χ2n) is 4.95. The molecule has 3 rings (SSSR count). The lowest BCUT2D eigenvalue weighted by atomic mass is 10.1. The molecule has 5 heteroatoms. The van der Waals surface area contributed by atoms with Crippen molar-refractivity contribution in [3.63, 3.8) is 0 Å². The Morgan fingerprint density at radius 3 is 2.75 bits per heavy atom. The summed E-state index contributed by atoms with van der Waals surface area (Å²) in [6, 6.07) is 6.31. The van der Waals surface area contributed by atoms with Crippen LogP contribution in [0, 0.1) is 0 Å². The Balaban J connectivity index is 1.51. The van der Waals surface area contributed by atoms with E-state index in [9.17, 15) is 0 Å². The van der Waals surface area contributed by atoms with Gasteiger partial charge in [0, 0.05) is 6.42 Å². The fourth-order valence-corrected chi connectivity index (χ4v) is 2.48. The molecule has 0 radical (unpaired) electrons. The van der Waals surface area contributed by atoms with Gasteiger partial charge in [-0.25, -0.2) is 0 Å². The molecule has 0 bridgehead atoms. The molecule has 0 atom stereocenters. The second-order valence-corrected chi connectivity index (χ2v) is 4.95. The maximum atomic E-state index is 8.78. The van der Waals surface area contributed by atoms with Crippen molar-refractivity contribution < 1.29 is 14.3 Å². The lowest BCUT2D eigenvalue weighted by Crippen LogP contribution is -2.02. The highest BCUT2D eigenvalue weighted by Gasteiger charge is 2.11. The number of hydrogen-bond donors (Lipinski definition) is 1. The number of ether oxygens (including phenoxy) is 1. The van der Waals surface area contributed by atoms with Gasteiger partial charge in [-0.15, -0.1) is 10.2 Å². The van der Waals surface area contributed by atoms with Crippen LogP contribution in [0.3, 0.4) is 0 Å². The third-order valence-corrected chi connectivity index (χ3v) is 3.49. The number of aromatic nitrogens is 2. The van der Waals surface area contributed by atoms with Crippen LogP contribution in [-0.4, -0.2) is 28.5 Å². The Morgan fingerprint density at radius 1 is 1.10 bits per heavy atom. The smallest absolute Gasteiger partial charge is 0.219 e. The van der Waals surface area contributed by atoms with Crippen LogP contribution in [0.4, 0.5) is 0 Å². The number of aliphatic hydroxyl groups excluding tert-OH is 1. The second kappa shape index (κ2) is 6.05. The number of nitrogens with zero attached hydrogens (tertiary/aromatic N) is 2. The standard InChI is InChI=1S/C15H18N2O3/c18-8-6-14-16-17-15(20-14)7-9-19-13-5-4-11-2-1-3-12(11)10-13/h4-5,10,18H,1-3,6-9H2. The summed E-state index contributed by atoms with van der Waals surface area (Å²) in [7, 11) is 0. The fraction of sp³-hybridized carbons (Fsp3) is 0.467. The molecule has 0 unspecified atom stereocenters. The normalized spacial score (nSPS) is 13.4. The first-order valence-corrected chi connectivity index (χ1v) is 7.02. The predicted octanol–water partition coefficient (Wildman–Crippen LogP) is 1.71. The van der Waals surface area contributed by atoms with Gasteiger partial charge in [-0.1, -0.05) is 6.07 Å². The van der Waals surface area contributed by atoms with Crippen molar-refractivity contribution in [1.29, 1.82) is 0 Å². The van der Waals surface area contributed by atoms with Gasteiger partial charge in [-0.05, 0) is 42.5 Å². The van der Waals surface area contributed by atoms with Crippen LogP contribution in [-0.2, 0) is 25.7 Å². The Kier molecular flexibility index (Phi) is 3.97. The van der Waals surface area contributed by atoms with Crippen LogP contribution < -0.4 is 4.74 Å². The summed E-state index contributed by atoms with van der Waals surface area (Å²) in [6.45, 7) is 0.535. The molecular formula is C15H18N2O3. The van der Waals surface area contributed by atoms with E-state index in [1.54, 1.807) is 0 Å². The van der Waals surface area contributed by atoms with E-state index in [2.05, 4.69) is 22.3 Å². The summed E-state index contributed by atoms with van der Waals surface area (Å²) < 4.78 is 11.1. The van der Waals surface area contributed by atoms with Crippen LogP contribution in [0.2, 0.25) is 0 Å². The fourth-order valence-electron chi connectivity index (χ4n) is 2.48. The molecule has 1 aliphatic carbocycles. The number of benzene rings is 1. The lowest BCUT2D eigenvalue weighted by molar-refractivity contribution is 0.278. The summed E-state index contributed by atoms with van der Waals surface area (Å²) >= 11 is 0. The molecule has 0 saturated heterocycles. The number of aryl methyl sites for hydroxylation is 2. The third kappa shape index (κ3) is 2.99. The van der Waals surface area contributed by atoms with E-state index >= 15 is 0 Å². The summed E-state index contributed by atoms with van der Waals surface area (Å²) in [5.41, 5.74) is 2.86. The van der Waals surface area contributed by atoms with Gasteiger partial charge < -0.3 is 14.3 Å². The molecule has 20 heavy (non-hydrogen) atoms. The van der Waals surface area contributed by atoms with Crippen LogP contribution in [0.5, 0.6) is 5.75 Å². The topological polar surface area (TPSA) is 68.4 Å². The zero-order chi connectivity index (χ0) is 13.8. The first kappa shape index (κ1) is 13.1. The molecule has 1 aromatic heterocycles. The maximum absolute atomic E-state index is 8.78. The molecular weight excluding hydrogens is 256 g/mol. The molecule has 1 aromatic carbocycles. The highest BCUT2D eigenvalue weighted by atomic mass is 16.5. The Labute approximate surface area is 117 Å². The van der Waals surface area contributed by atoms with Gasteiger partial charge >= 0.3 is 0 Å². The van der Waals surface area contributed by atoms with Crippen molar-refractivity contribution in [2.45, 2.75) is 32.1 Å². The molecule has 1 N–H and O–H groups in total. The zero-order valence-electron chi connectivity index (χ0n) is 11.3. The maximum Gasteiger partial charge on any atom is 0.219 e. The molecule has 2 aromatic rings. The highest BCUT2D eigenvalue weighted by molar-refractivity contribution is 5.38. The van der Waals surface area contributed by atoms with Gasteiger partial charge in [0.05, 0.1) is 19.6 Å². The molecule has 0 saturated carbocycles. The minimum atomic E-state index is 0.0211. The zero-order valence-corrected chi connectivity index (χ0v) is 11.3. The number of aliphatic hydroxyl groups is 1. The summed E-state index contributed by atoms with van der Waals surface area (Å²) in [6.07, 6.45) is 4.56. The Bertz CT molecular complexity index is 580. The quantitative estimate of drug-likeness (QED) is 0.868. The first-order valence-electron chi connectivity index (χ1n) is 7.02. The van der Waals surface area contributed by atoms with E-state index < -0.39 is 0 Å². The van der Waals surface area contributed by atoms with Crippen LogP contribution in [0.1, 0.15) is 29.3 Å². The van der Waals surface area contributed by atoms with E-state index in [4.69, 9.17) is 14.3 Å². The van der Waals surface area contributed by atoms with Crippen molar-refractivity contribution in [1.82, 2.24) is 10.2 Å². The van der Waals surface area contributed by atoms with E-state index in [-0.39, 0.29) is 6.61 Å². The highest BCUT2D eigenvalue weighted by Crippen LogP contribution is 2.26. The van der Waals surface area contributed by atoms with E-state index in [0.717, 1.165) is 12.2 Å². The van der Waals surface area contributed by atoms with Gasteiger partial charge in [-0.2, -0.15) is 0 Å². The summed E-state index contributed by atoms with van der Waals surface area (Å²) in [4.78, 5) is 0. The molecule has 0 fully saturated rings. The average molecular weight is 274 g/mol. The van der Waals surface area contributed by atoms with Crippen molar-refractivity contribution in [2.24, 2.45) is 0 Å². The number of fused-ring (bicyclic) bond motifs is 1. The monoisotopic (exact) mass is 274 g/mol. The van der Waals surface area contributed by atoms with E-state index in [1.165, 1.54) is 24.0 Å². The van der Waals surface area contributed by atoms with Gasteiger partial charge in [0.2, 0.25) is 11.8 Å². The van der Waals surface area contributed by atoms with Gasteiger partial charge in [-0.3, -0.25) is 0 Å². The minimum Gasteiger partial charge on any atom is -0.493 e. The van der Waals surface area contributed by atoms with Crippen LogP contribution >= 0.6 is 0 Å². The van der Waals surface area contributed by atoms with Crippen molar-refractivity contribution in [2.75, 3.05) is 13.2 Å². The number of rotatable bonds is 6. The number of hydrogen-bond acceptors (Lipinski definition) is 5. The minimum absolute atomic E-state index is 0.0211. The SMILES string of the molecule is OCCc1nnc(CCOc2ccc3c(c2)CCC3)o1. The van der Waals surface area contributed by atoms with Gasteiger partial charge in [0.15, 0.2) is 0 Å². The van der Waals surface area contributed by atoms with Crippen molar-refractivity contribution in [3.8, 4) is 5.75 Å². The van der Waals surface area contributed by atoms with Crippen LogP contribution in [0.15, 0.2) is 22.6 Å². The molecule has 0 amide bonds. The van der Waals surface area contributed by atoms with Crippen molar-refractivity contribution in [3.05, 3.63) is 41.1 Å². The third-order valence-electron chi connectivity index (χ3n) is 3.49. The lowest BCUT2D eigenvalue weighted by Gasteiger charge is -2.06. The van der Waals surface area contributed by atoms with E-state index in [1.807, 2.05) is 6.07 Å². The van der Waals surface area contributed by atoms with Crippen molar-refractivity contribution >= 4 is 0 Å². The van der Waals surface area contributed by atoms with Gasteiger partial charge in [0.1, 0.15) is 5.75 Å².